The van der Waals surface area contributed by atoms with Crippen LogP contribution in [0.1, 0.15) is 0 Å². The molecule has 0 heterocycles. The summed E-state index contributed by atoms with van der Waals surface area (Å²) >= 11 is 10.9. The maximum atomic E-state index is 5.47. The zero-order chi connectivity index (χ0) is 5.98. The van der Waals surface area contributed by atoms with E-state index in [1.807, 2.05) is 0 Å². The van der Waals surface area contributed by atoms with Gasteiger partial charge in [0.15, 0.2) is 0 Å². The second-order valence-electron chi connectivity index (χ2n) is 1.28. The topological polar surface area (TPSA) is 0 Å². The van der Waals surface area contributed by atoms with E-state index in [0.717, 1.165) is 0 Å². The molecular weight excluding hydrogens is 143 g/mol. The van der Waals surface area contributed by atoms with Gasteiger partial charge in [0, 0.05) is 0 Å². The summed E-state index contributed by atoms with van der Waals surface area (Å²) in [6.45, 7) is 0. The van der Waals surface area contributed by atoms with Crippen LogP contribution in [0.3, 0.4) is 0 Å². The van der Waals surface area contributed by atoms with Gasteiger partial charge >= 0.3 is 0 Å². The Morgan fingerprint density at radius 1 is 1.00 bits per heavy atom. The van der Waals surface area contributed by atoms with Gasteiger partial charge in [0.25, 0.3) is 0 Å². The van der Waals surface area contributed by atoms with Crippen LogP contribution >= 0.6 is 23.2 Å². The molecule has 0 unspecified atom stereocenters. The summed E-state index contributed by atoms with van der Waals surface area (Å²) in [5.74, 6) is 0. The molecule has 0 atom stereocenters. The van der Waals surface area contributed by atoms with Crippen molar-refractivity contribution in [1.82, 2.24) is 0 Å². The van der Waals surface area contributed by atoms with E-state index in [4.69, 9.17) is 23.2 Å². The van der Waals surface area contributed by atoms with E-state index in [9.17, 15) is 0 Å². The van der Waals surface area contributed by atoms with Gasteiger partial charge in [-0.2, -0.15) is 0 Å². The summed E-state index contributed by atoms with van der Waals surface area (Å²) in [6.07, 6.45) is 0. The van der Waals surface area contributed by atoms with Crippen LogP contribution in [0, 0.1) is 12.1 Å². The van der Waals surface area contributed by atoms with Gasteiger partial charge in [-0.15, -0.1) is 0 Å². The molecule has 0 saturated heterocycles. The van der Waals surface area contributed by atoms with Crippen molar-refractivity contribution in [3.05, 3.63) is 34.3 Å². The Bertz CT molecular complexity index is 145. The maximum Gasteiger partial charge on any atom is 0.0908 e. The number of rotatable bonds is 0. The van der Waals surface area contributed by atoms with Crippen molar-refractivity contribution in [2.45, 2.75) is 0 Å². The lowest BCUT2D eigenvalue weighted by molar-refractivity contribution is 1.75. The highest BCUT2D eigenvalue weighted by Crippen LogP contribution is 2.07. The number of halogens is 2. The normalized spacial score (nSPS) is 8.25. The largest absolute Gasteiger partial charge is 0.0908 e. The van der Waals surface area contributed by atoms with Gasteiger partial charge in [-0.25, -0.2) is 0 Å². The van der Waals surface area contributed by atoms with Crippen LogP contribution in [0.25, 0.3) is 0 Å². The zero-order valence-electron chi connectivity index (χ0n) is 3.91. The molecule has 40 valence electrons. The predicted molar refractivity (Wildman–Crippen MR) is 34.1 cm³/mol. The van der Waals surface area contributed by atoms with Crippen molar-refractivity contribution >= 4 is 23.2 Å². The molecule has 0 spiro atoms. The van der Waals surface area contributed by atoms with Gasteiger partial charge in [0.2, 0.25) is 0 Å². The van der Waals surface area contributed by atoms with Crippen LogP contribution < -0.4 is 0 Å². The molecule has 0 aromatic heterocycles. The van der Waals surface area contributed by atoms with E-state index in [0.29, 0.717) is 10.0 Å². The van der Waals surface area contributed by atoms with E-state index in [-0.39, 0.29) is 0 Å². The first-order valence-electron chi connectivity index (χ1n) is 2.04. The molecule has 0 fully saturated rings. The summed E-state index contributed by atoms with van der Waals surface area (Å²) in [7, 11) is 0. The molecule has 0 radical (unpaired) electrons. The van der Waals surface area contributed by atoms with Crippen LogP contribution in [-0.2, 0) is 0 Å². The molecule has 0 saturated carbocycles. The van der Waals surface area contributed by atoms with Gasteiger partial charge in [0.05, 0.1) is 10.0 Å². The molecule has 8 heavy (non-hydrogen) atoms. The highest BCUT2D eigenvalue weighted by Gasteiger charge is 1.81. The standard InChI is InChI=1S/C6H2Cl2/c7-5-1-2-6(8)4-3-5/h1-2H. The number of hydrogen-bond acceptors (Lipinski definition) is 0. The molecule has 2 heteroatoms. The molecule has 0 bridgehead atoms. The molecule has 0 N–H and O–H groups in total. The van der Waals surface area contributed by atoms with Crippen molar-refractivity contribution < 1.29 is 0 Å². The Kier molecular flexibility index (Phi) is 1.62. The first-order chi connectivity index (χ1) is 3.79. The minimum absolute atomic E-state index is 0.536. The van der Waals surface area contributed by atoms with Crippen LogP contribution in [0.4, 0.5) is 0 Å². The maximum absolute atomic E-state index is 5.47. The first-order valence-corrected chi connectivity index (χ1v) is 2.79. The predicted octanol–water partition coefficient (Wildman–Crippen LogP) is 2.59. The van der Waals surface area contributed by atoms with E-state index in [1.54, 1.807) is 12.1 Å². The highest BCUT2D eigenvalue weighted by molar-refractivity contribution is 6.32. The lowest BCUT2D eigenvalue weighted by Gasteiger charge is -1.78. The van der Waals surface area contributed by atoms with Crippen LogP contribution in [0.15, 0.2) is 12.1 Å². The molecule has 1 rings (SSSR count). The van der Waals surface area contributed by atoms with Crippen LogP contribution in [0.2, 0.25) is 10.0 Å². The van der Waals surface area contributed by atoms with Crippen molar-refractivity contribution in [2.75, 3.05) is 0 Å². The summed E-state index contributed by atoms with van der Waals surface area (Å²) in [4.78, 5) is 0. The molecule has 0 nitrogen and oxygen atoms in total. The summed E-state index contributed by atoms with van der Waals surface area (Å²) in [5, 5.41) is 1.07. The summed E-state index contributed by atoms with van der Waals surface area (Å²) in [5.41, 5.74) is 0. The lowest BCUT2D eigenvalue weighted by atomic mass is 10.4. The van der Waals surface area contributed by atoms with Crippen molar-refractivity contribution in [1.29, 1.82) is 0 Å². The summed E-state index contributed by atoms with van der Waals surface area (Å²) in [6, 6.07) is 8.55. The quantitative estimate of drug-likeness (QED) is 0.526. The second-order valence-corrected chi connectivity index (χ2v) is 2.09. The summed E-state index contributed by atoms with van der Waals surface area (Å²) < 4.78 is 0. The Morgan fingerprint density at radius 3 is 1.62 bits per heavy atom. The smallest absolute Gasteiger partial charge is 0.0744 e. The Balaban J connectivity index is 3.03. The third-order valence-corrected chi connectivity index (χ3v) is 1.12. The second kappa shape index (κ2) is 2.26. The molecule has 0 aliphatic heterocycles. The fraction of sp³-hybridized carbons (Fsp3) is 0. The van der Waals surface area contributed by atoms with Crippen molar-refractivity contribution in [3.8, 4) is 0 Å². The Labute approximate surface area is 58.0 Å². The van der Waals surface area contributed by atoms with Gasteiger partial charge < -0.3 is 0 Å². The number of hydrogen-bond donors (Lipinski definition) is 0. The molecule has 0 aliphatic rings. The average Bonchev–Trinajstić information content (AvgIpc) is 1.77. The molecule has 1 aromatic rings. The van der Waals surface area contributed by atoms with Gasteiger partial charge in [0.1, 0.15) is 0 Å². The lowest BCUT2D eigenvalue weighted by Crippen LogP contribution is -1.56. The Morgan fingerprint density at radius 2 is 1.38 bits per heavy atom. The van der Waals surface area contributed by atoms with E-state index >= 15 is 0 Å². The van der Waals surface area contributed by atoms with Crippen molar-refractivity contribution in [2.24, 2.45) is 0 Å². The van der Waals surface area contributed by atoms with Gasteiger partial charge in [-0.05, 0) is 24.3 Å². The minimum atomic E-state index is 0.536. The third-order valence-electron chi connectivity index (χ3n) is 0.677. The van der Waals surface area contributed by atoms with Crippen LogP contribution in [-0.4, -0.2) is 0 Å². The van der Waals surface area contributed by atoms with Crippen molar-refractivity contribution in [3.63, 3.8) is 0 Å². The molecule has 0 aliphatic carbocycles. The molecular formula is C6H2Cl2. The van der Waals surface area contributed by atoms with Crippen LogP contribution in [0.5, 0.6) is 0 Å². The SMILES string of the molecule is Clc1c#cc(Cl)cc1. The van der Waals surface area contributed by atoms with E-state index in [1.165, 1.54) is 0 Å². The minimum Gasteiger partial charge on any atom is -0.0744 e. The Hall–Kier alpha value is -0.380. The monoisotopic (exact) mass is 144 g/mol. The third kappa shape index (κ3) is 1.30. The first kappa shape index (κ1) is 5.75. The fourth-order valence-corrected chi connectivity index (χ4v) is 0.570. The highest BCUT2D eigenvalue weighted by atomic mass is 35.5. The van der Waals surface area contributed by atoms with E-state index in [2.05, 4.69) is 12.1 Å². The average molecular weight is 145 g/mol. The molecule has 0 amide bonds. The zero-order valence-corrected chi connectivity index (χ0v) is 5.42. The van der Waals surface area contributed by atoms with E-state index < -0.39 is 0 Å². The molecule has 1 aromatic carbocycles. The van der Waals surface area contributed by atoms with Gasteiger partial charge in [-0.3, -0.25) is 0 Å². The fourth-order valence-electron chi connectivity index (χ4n) is 0.349. The van der Waals surface area contributed by atoms with Gasteiger partial charge in [-0.1, -0.05) is 23.2 Å².